The van der Waals surface area contributed by atoms with Gasteiger partial charge in [-0.05, 0) is 35.4 Å². The normalized spacial score (nSPS) is 19.3. The van der Waals surface area contributed by atoms with Gasteiger partial charge in [-0.3, -0.25) is 4.79 Å². The lowest BCUT2D eigenvalue weighted by Crippen LogP contribution is -2.53. The second-order valence-corrected chi connectivity index (χ2v) is 8.14. The molecule has 1 aliphatic rings. The Hall–Kier alpha value is -2.93. The highest BCUT2D eigenvalue weighted by atomic mass is 16.5. The van der Waals surface area contributed by atoms with Crippen molar-refractivity contribution in [1.82, 2.24) is 0 Å². The van der Waals surface area contributed by atoms with Gasteiger partial charge in [0.05, 0.1) is 55.0 Å². The number of carboxylic acids is 1. The van der Waals surface area contributed by atoms with Gasteiger partial charge in [0.15, 0.2) is 23.0 Å². The van der Waals surface area contributed by atoms with E-state index in [0.717, 1.165) is 24.9 Å². The van der Waals surface area contributed by atoms with Gasteiger partial charge in [0, 0.05) is 18.4 Å². The number of hydrogen-bond acceptors (Lipinski definition) is 5. The molecule has 1 N–H and O–H groups in total. The molecule has 0 aliphatic carbocycles. The maximum absolute atomic E-state index is 11.4. The van der Waals surface area contributed by atoms with Gasteiger partial charge in [-0.15, -0.1) is 0 Å². The number of ether oxygens (including phenoxy) is 4. The van der Waals surface area contributed by atoms with E-state index in [9.17, 15) is 9.90 Å². The van der Waals surface area contributed by atoms with Gasteiger partial charge < -0.3 is 36.0 Å². The first-order valence-corrected chi connectivity index (χ1v) is 10.4. The minimum Gasteiger partial charge on any atom is -0.493 e. The first kappa shape index (κ1) is 25.3. The molecule has 7 heteroatoms. The van der Waals surface area contributed by atoms with Crippen molar-refractivity contribution in [2.24, 2.45) is 0 Å². The minimum atomic E-state index is -0.776. The van der Waals surface area contributed by atoms with Crippen LogP contribution in [0, 0.1) is 7.43 Å². The zero-order valence-corrected chi connectivity index (χ0v) is 19.9. The number of likely N-dealkylation sites (N-methyl/N-ethyl adjacent to an activating group) is 1. The van der Waals surface area contributed by atoms with Crippen LogP contribution in [0.3, 0.4) is 0 Å². The summed E-state index contributed by atoms with van der Waals surface area (Å²) < 4.78 is 22.6. The van der Waals surface area contributed by atoms with Crippen LogP contribution in [0.1, 0.15) is 29.2 Å². The molecule has 2 atom stereocenters. The molecule has 176 valence electrons. The number of methoxy groups -OCH3 is 4. The van der Waals surface area contributed by atoms with E-state index in [1.54, 1.807) is 28.4 Å². The Labute approximate surface area is 191 Å². The molecule has 0 aromatic heterocycles. The first-order valence-electron chi connectivity index (χ1n) is 10.4. The lowest BCUT2D eigenvalue weighted by Gasteiger charge is -2.46. The van der Waals surface area contributed by atoms with Crippen LogP contribution in [0.15, 0.2) is 30.3 Å². The van der Waals surface area contributed by atoms with E-state index in [2.05, 4.69) is 19.2 Å². The molecule has 0 saturated heterocycles. The molecule has 0 bridgehead atoms. The molecule has 3 rings (SSSR count). The van der Waals surface area contributed by atoms with Crippen LogP contribution in [0.2, 0.25) is 0 Å². The molecule has 0 saturated carbocycles. The lowest BCUT2D eigenvalue weighted by molar-refractivity contribution is -0.940. The van der Waals surface area contributed by atoms with Gasteiger partial charge in [0.2, 0.25) is 0 Å². The smallest absolute Gasteiger partial charge is 0.309 e. The number of carboxylic acid groups (broad SMARTS) is 1. The number of carbonyl (C=O) groups is 1. The summed E-state index contributed by atoms with van der Waals surface area (Å²) in [7, 11) is 8.67. The van der Waals surface area contributed by atoms with Crippen LogP contribution in [0.25, 0.3) is 0 Å². The van der Waals surface area contributed by atoms with E-state index in [-0.39, 0.29) is 19.9 Å². The Morgan fingerprint density at radius 1 is 0.969 bits per heavy atom. The highest BCUT2D eigenvalue weighted by molar-refractivity contribution is 5.66. The summed E-state index contributed by atoms with van der Waals surface area (Å²) in [5.74, 6) is 1.99. The number of quaternary nitrogens is 1. The molecule has 0 spiro atoms. The second-order valence-electron chi connectivity index (χ2n) is 8.14. The molecule has 32 heavy (non-hydrogen) atoms. The van der Waals surface area contributed by atoms with Crippen molar-refractivity contribution in [1.29, 1.82) is 0 Å². The van der Waals surface area contributed by atoms with Crippen molar-refractivity contribution in [2.75, 3.05) is 48.6 Å². The number of rotatable bonds is 9. The molecule has 2 aromatic rings. The average Bonchev–Trinajstić information content (AvgIpc) is 2.78. The van der Waals surface area contributed by atoms with E-state index >= 15 is 0 Å². The van der Waals surface area contributed by atoms with Crippen LogP contribution in [-0.4, -0.2) is 64.1 Å². The van der Waals surface area contributed by atoms with Crippen molar-refractivity contribution < 1.29 is 33.3 Å². The Balaban J connectivity index is 0.00000363. The van der Waals surface area contributed by atoms with Crippen molar-refractivity contribution in [3.63, 3.8) is 0 Å². The van der Waals surface area contributed by atoms with Crippen LogP contribution in [0.5, 0.6) is 23.0 Å². The molecule has 0 radical (unpaired) electrons. The van der Waals surface area contributed by atoms with Gasteiger partial charge in [0.25, 0.3) is 0 Å². The van der Waals surface area contributed by atoms with Gasteiger partial charge in [0.1, 0.15) is 6.04 Å². The third kappa shape index (κ3) is 5.10. The molecule has 2 aromatic carbocycles. The number of benzene rings is 2. The number of fused-ring (bicyclic) bond motifs is 1. The predicted molar refractivity (Wildman–Crippen MR) is 124 cm³/mol. The highest BCUT2D eigenvalue weighted by Crippen LogP contribution is 2.43. The Morgan fingerprint density at radius 3 is 2.16 bits per heavy atom. The summed E-state index contributed by atoms with van der Waals surface area (Å²) in [5.41, 5.74) is 3.49. The molecular formula is C25H35NO6. The standard InChI is InChI=1S/C24H31NO6.CH3/c1-25(11-9-24(26)27)10-8-17-14-22(30-4)23(31-5)15-18(17)19(25)12-16-6-7-20(28-2)21(13-16)29-3;/h6-7,13-15,19H,8-12H2,1-5H3;1H3/q;-1/p+1/t19-,25-;/m1./s1. The maximum atomic E-state index is 11.4. The van der Waals surface area contributed by atoms with Crippen molar-refractivity contribution >= 4 is 5.97 Å². The van der Waals surface area contributed by atoms with Crippen molar-refractivity contribution in [3.8, 4) is 23.0 Å². The van der Waals surface area contributed by atoms with E-state index in [4.69, 9.17) is 18.9 Å². The molecule has 0 unspecified atom stereocenters. The first-order chi connectivity index (χ1) is 14.8. The van der Waals surface area contributed by atoms with Gasteiger partial charge >= 0.3 is 5.97 Å². The quantitative estimate of drug-likeness (QED) is 0.466. The molecule has 7 nitrogen and oxygen atoms in total. The maximum Gasteiger partial charge on any atom is 0.309 e. The van der Waals surface area contributed by atoms with Gasteiger partial charge in [-0.2, -0.15) is 0 Å². The summed E-state index contributed by atoms with van der Waals surface area (Å²) in [6.45, 7) is 1.41. The van der Waals surface area contributed by atoms with E-state index in [1.165, 1.54) is 11.1 Å². The van der Waals surface area contributed by atoms with Crippen LogP contribution in [0.4, 0.5) is 0 Å². The van der Waals surface area contributed by atoms with E-state index < -0.39 is 5.97 Å². The highest BCUT2D eigenvalue weighted by Gasteiger charge is 2.40. The summed E-state index contributed by atoms with van der Waals surface area (Å²) in [5, 5.41) is 9.33. The van der Waals surface area contributed by atoms with Crippen LogP contribution < -0.4 is 18.9 Å². The Morgan fingerprint density at radius 2 is 1.56 bits per heavy atom. The largest absolute Gasteiger partial charge is 0.493 e. The second kappa shape index (κ2) is 10.6. The summed E-state index contributed by atoms with van der Waals surface area (Å²) in [6.07, 6.45) is 1.72. The minimum absolute atomic E-state index is 0. The Bertz CT molecular complexity index is 944. The van der Waals surface area contributed by atoms with E-state index in [0.29, 0.717) is 34.0 Å². The van der Waals surface area contributed by atoms with Crippen LogP contribution >= 0.6 is 0 Å². The van der Waals surface area contributed by atoms with Crippen LogP contribution in [-0.2, 0) is 17.6 Å². The summed E-state index contributed by atoms with van der Waals surface area (Å²) in [6, 6.07) is 10.1. The zero-order valence-electron chi connectivity index (χ0n) is 19.9. The fraction of sp³-hybridized carbons (Fsp3) is 0.440. The van der Waals surface area contributed by atoms with Crippen molar-refractivity contribution in [3.05, 3.63) is 54.4 Å². The molecule has 0 fully saturated rings. The molecule has 1 heterocycles. The SMILES string of the molecule is COc1ccc(C[C@@H]2c3cc(OC)c(OC)cc3CC[N@+]2(C)CCC(=O)O)cc1OC.[CH3-]. The Kier molecular flexibility index (Phi) is 8.38. The van der Waals surface area contributed by atoms with Gasteiger partial charge in [-0.25, -0.2) is 0 Å². The number of hydrogen-bond donors (Lipinski definition) is 1. The third-order valence-corrected chi connectivity index (χ3v) is 6.36. The lowest BCUT2D eigenvalue weighted by atomic mass is 9.86. The topological polar surface area (TPSA) is 74.2 Å². The molecule has 1 aliphatic heterocycles. The van der Waals surface area contributed by atoms with E-state index in [1.807, 2.05) is 18.2 Å². The number of nitrogens with zero attached hydrogens (tertiary/aromatic N) is 1. The molecular weight excluding hydrogens is 410 g/mol. The summed E-state index contributed by atoms with van der Waals surface area (Å²) in [4.78, 5) is 11.4. The summed E-state index contributed by atoms with van der Waals surface area (Å²) >= 11 is 0. The average molecular weight is 446 g/mol. The number of aliphatic carboxylic acids is 1. The third-order valence-electron chi connectivity index (χ3n) is 6.36. The zero-order chi connectivity index (χ0) is 22.6. The fourth-order valence-corrected chi connectivity index (χ4v) is 4.51. The van der Waals surface area contributed by atoms with Crippen molar-refractivity contribution in [2.45, 2.75) is 25.3 Å². The predicted octanol–water partition coefficient (Wildman–Crippen LogP) is 3.93. The fourth-order valence-electron chi connectivity index (χ4n) is 4.51. The monoisotopic (exact) mass is 445 g/mol. The molecule has 0 amide bonds. The van der Waals surface area contributed by atoms with Gasteiger partial charge in [-0.1, -0.05) is 6.07 Å².